The van der Waals surface area contributed by atoms with Crippen molar-refractivity contribution in [3.63, 3.8) is 0 Å². The Morgan fingerprint density at radius 2 is 1.40 bits per heavy atom. The summed E-state index contributed by atoms with van der Waals surface area (Å²) in [6, 6.07) is -0.649. The largest absolute Gasteiger partial charge is 0.394 e. The van der Waals surface area contributed by atoms with E-state index in [4.69, 9.17) is 18.9 Å². The fourth-order valence-corrected chi connectivity index (χ4v) is 5.29. The second kappa shape index (κ2) is 20.6. The zero-order valence-corrected chi connectivity index (χ0v) is 27.1. The molecule has 0 aromatic carbocycles. The summed E-state index contributed by atoms with van der Waals surface area (Å²) in [6.45, 7) is 2.34. The Labute approximate surface area is 274 Å². The summed E-state index contributed by atoms with van der Waals surface area (Å²) in [7, 11) is 0. The van der Waals surface area contributed by atoms with Gasteiger partial charge in [-0.15, -0.1) is 0 Å². The predicted molar refractivity (Wildman–Crippen MR) is 161 cm³/mol. The van der Waals surface area contributed by atoms with E-state index in [1.54, 1.807) is 0 Å². The molecule has 0 aromatic rings. The average molecular weight is 683 g/mol. The summed E-state index contributed by atoms with van der Waals surface area (Å²) in [5.41, 5.74) is 0. The van der Waals surface area contributed by atoms with Crippen LogP contribution < -0.4 is 10.6 Å². The van der Waals surface area contributed by atoms with Gasteiger partial charge in [0.25, 0.3) is 0 Å². The molecule has 0 radical (unpaired) electrons. The van der Waals surface area contributed by atoms with Crippen molar-refractivity contribution in [3.8, 4) is 0 Å². The van der Waals surface area contributed by atoms with Gasteiger partial charge >= 0.3 is 0 Å². The SMILES string of the molecule is CC(=O)C(CCCCNC(=O)CCCCOC1OC(CO)C(O)C(O)C1O)NC(=O)CCCCOC1OC(CO)C(O)(O)C(O)C1C. The van der Waals surface area contributed by atoms with Crippen LogP contribution in [0.15, 0.2) is 0 Å². The standard InChI is InChI=1S/C30H54N2O15/c1-17-27(41)30(42,43)21(16-34)47-28(17)44-13-8-5-11-23(37)32-19(18(2)35)9-3-6-12-31-22(36)10-4-7-14-45-29-26(40)25(39)24(38)20(15-33)46-29/h17,19-21,24-29,33-34,38-43H,3-16H2,1-2H3,(H,31,36)(H,32,37). The normalized spacial score (nSPS) is 31.2. The van der Waals surface area contributed by atoms with E-state index in [2.05, 4.69) is 10.6 Å². The number of ketones is 1. The van der Waals surface area contributed by atoms with Gasteiger partial charge in [0.05, 0.1) is 19.3 Å². The summed E-state index contributed by atoms with van der Waals surface area (Å²) >= 11 is 0. The van der Waals surface area contributed by atoms with Crippen LogP contribution in [0, 0.1) is 5.92 Å². The Hall–Kier alpha value is -1.87. The summed E-state index contributed by atoms with van der Waals surface area (Å²) in [4.78, 5) is 36.6. The first-order valence-corrected chi connectivity index (χ1v) is 16.2. The number of rotatable bonds is 21. The smallest absolute Gasteiger partial charge is 0.220 e. The summed E-state index contributed by atoms with van der Waals surface area (Å²) in [5, 5.41) is 83.6. The molecule has 10 unspecified atom stereocenters. The van der Waals surface area contributed by atoms with Gasteiger partial charge in [-0.05, 0) is 51.9 Å². The molecule has 2 aliphatic rings. The number of unbranched alkanes of at least 4 members (excludes halogenated alkanes) is 3. The number of hydrogen-bond donors (Lipinski definition) is 10. The molecule has 10 N–H and O–H groups in total. The Bertz CT molecular complexity index is 950. The highest BCUT2D eigenvalue weighted by atomic mass is 16.7. The molecular formula is C30H54N2O15. The lowest BCUT2D eigenvalue weighted by Crippen LogP contribution is -2.64. The van der Waals surface area contributed by atoms with Crippen LogP contribution in [0.4, 0.5) is 0 Å². The Morgan fingerprint density at radius 3 is 2.00 bits per heavy atom. The lowest BCUT2D eigenvalue weighted by molar-refractivity contribution is -0.376. The lowest BCUT2D eigenvalue weighted by Gasteiger charge is -2.45. The maximum atomic E-state index is 12.4. The minimum atomic E-state index is -2.60. The number of aliphatic hydroxyl groups excluding tert-OH is 6. The highest BCUT2D eigenvalue weighted by Gasteiger charge is 2.53. The van der Waals surface area contributed by atoms with E-state index in [0.29, 0.717) is 51.5 Å². The summed E-state index contributed by atoms with van der Waals surface area (Å²) in [5.74, 6) is -4.02. The van der Waals surface area contributed by atoms with Gasteiger partial charge in [-0.1, -0.05) is 6.92 Å². The molecule has 2 amide bonds. The molecule has 17 heteroatoms. The van der Waals surface area contributed by atoms with Gasteiger partial charge in [0.1, 0.15) is 36.6 Å². The van der Waals surface area contributed by atoms with Crippen LogP contribution in [0.5, 0.6) is 0 Å². The topological polar surface area (TPSA) is 274 Å². The van der Waals surface area contributed by atoms with Gasteiger partial charge in [0.15, 0.2) is 18.4 Å². The number of Topliss-reactive ketones (excluding diaryl/α,β-unsaturated/α-hetero) is 1. The molecule has 47 heavy (non-hydrogen) atoms. The fraction of sp³-hybridized carbons (Fsp3) is 0.900. The van der Waals surface area contributed by atoms with E-state index in [9.17, 15) is 55.2 Å². The Balaban J connectivity index is 1.53. The second-order valence-corrected chi connectivity index (χ2v) is 12.2. The number of carbonyl (C=O) groups is 3. The fourth-order valence-electron chi connectivity index (χ4n) is 5.29. The molecule has 0 saturated carbocycles. The maximum absolute atomic E-state index is 12.4. The number of carbonyl (C=O) groups excluding carboxylic acids is 3. The number of ether oxygens (including phenoxy) is 4. The van der Waals surface area contributed by atoms with Gasteiger partial charge < -0.3 is 70.4 Å². The van der Waals surface area contributed by atoms with E-state index >= 15 is 0 Å². The van der Waals surface area contributed by atoms with Crippen molar-refractivity contribution in [2.75, 3.05) is 33.0 Å². The number of aliphatic hydroxyl groups is 8. The summed E-state index contributed by atoms with van der Waals surface area (Å²) in [6.07, 6.45) is -6.85. The first-order valence-electron chi connectivity index (χ1n) is 16.2. The number of hydrogen-bond acceptors (Lipinski definition) is 15. The van der Waals surface area contributed by atoms with Crippen molar-refractivity contribution in [1.29, 1.82) is 0 Å². The van der Waals surface area contributed by atoms with Gasteiger partial charge in [-0.3, -0.25) is 14.4 Å². The minimum Gasteiger partial charge on any atom is -0.394 e. The zero-order chi connectivity index (χ0) is 35.1. The zero-order valence-electron chi connectivity index (χ0n) is 27.1. The Morgan fingerprint density at radius 1 is 0.787 bits per heavy atom. The van der Waals surface area contributed by atoms with Crippen LogP contribution in [-0.2, 0) is 33.3 Å². The molecule has 0 aromatic heterocycles. The van der Waals surface area contributed by atoms with Crippen LogP contribution in [0.25, 0.3) is 0 Å². The molecule has 274 valence electrons. The van der Waals surface area contributed by atoms with E-state index in [1.165, 1.54) is 13.8 Å². The van der Waals surface area contributed by atoms with Crippen LogP contribution in [0.1, 0.15) is 71.6 Å². The second-order valence-electron chi connectivity index (χ2n) is 12.2. The molecule has 17 nitrogen and oxygen atoms in total. The van der Waals surface area contributed by atoms with E-state index in [-0.39, 0.29) is 43.7 Å². The number of nitrogens with one attached hydrogen (secondary N) is 2. The van der Waals surface area contributed by atoms with E-state index in [0.717, 1.165) is 0 Å². The predicted octanol–water partition coefficient (Wildman–Crippen LogP) is -3.08. The van der Waals surface area contributed by atoms with Crippen molar-refractivity contribution in [2.24, 2.45) is 5.92 Å². The van der Waals surface area contributed by atoms with Crippen molar-refractivity contribution >= 4 is 17.6 Å². The first-order chi connectivity index (χ1) is 22.2. The van der Waals surface area contributed by atoms with Gasteiger partial charge in [-0.25, -0.2) is 0 Å². The monoisotopic (exact) mass is 682 g/mol. The molecule has 2 heterocycles. The van der Waals surface area contributed by atoms with Crippen LogP contribution in [0.2, 0.25) is 0 Å². The van der Waals surface area contributed by atoms with Gasteiger partial charge in [-0.2, -0.15) is 0 Å². The average Bonchev–Trinajstić information content (AvgIpc) is 3.03. The first kappa shape index (κ1) is 41.3. The highest BCUT2D eigenvalue weighted by Crippen LogP contribution is 2.32. The highest BCUT2D eigenvalue weighted by molar-refractivity contribution is 5.87. The molecule has 10 atom stereocenters. The third-order valence-electron chi connectivity index (χ3n) is 8.38. The van der Waals surface area contributed by atoms with Crippen LogP contribution in [0.3, 0.4) is 0 Å². The molecule has 2 rings (SSSR count). The molecule has 0 bridgehead atoms. The van der Waals surface area contributed by atoms with E-state index < -0.39 is 80.2 Å². The third kappa shape index (κ3) is 12.8. The van der Waals surface area contributed by atoms with Crippen molar-refractivity contribution in [3.05, 3.63) is 0 Å². The third-order valence-corrected chi connectivity index (χ3v) is 8.38. The van der Waals surface area contributed by atoms with Gasteiger partial charge in [0.2, 0.25) is 17.6 Å². The number of amides is 2. The maximum Gasteiger partial charge on any atom is 0.220 e. The van der Waals surface area contributed by atoms with Crippen molar-refractivity contribution < 1.29 is 74.2 Å². The van der Waals surface area contributed by atoms with Gasteiger partial charge in [0, 0.05) is 38.5 Å². The quantitative estimate of drug-likeness (QED) is 0.0425. The molecule has 2 fully saturated rings. The van der Waals surface area contributed by atoms with Crippen LogP contribution >= 0.6 is 0 Å². The molecule has 0 spiro atoms. The van der Waals surface area contributed by atoms with E-state index in [1.807, 2.05) is 0 Å². The van der Waals surface area contributed by atoms with Crippen LogP contribution in [-0.4, -0.2) is 152 Å². The summed E-state index contributed by atoms with van der Waals surface area (Å²) < 4.78 is 21.6. The molecule has 2 aliphatic heterocycles. The van der Waals surface area contributed by atoms with Crippen molar-refractivity contribution in [1.82, 2.24) is 10.6 Å². The van der Waals surface area contributed by atoms with Crippen molar-refractivity contribution in [2.45, 2.75) is 133 Å². The Kier molecular flexibility index (Phi) is 18.1. The lowest BCUT2D eigenvalue weighted by atomic mass is 9.89. The molecule has 2 saturated heterocycles. The molecular weight excluding hydrogens is 628 g/mol. The molecule has 0 aliphatic carbocycles. The minimum absolute atomic E-state index is 0.130.